The molecule has 2 saturated carbocycles. The molecule has 1 N–H and O–H groups in total. The molecule has 202 valence electrons. The molecule has 2 atom stereocenters. The molecule has 4 aromatic heterocycles. The Morgan fingerprint density at radius 2 is 1.92 bits per heavy atom. The summed E-state index contributed by atoms with van der Waals surface area (Å²) in [6, 6.07) is 3.61. The topological polar surface area (TPSA) is 134 Å². The minimum atomic E-state index is -1.06. The van der Waals surface area contributed by atoms with Gasteiger partial charge in [-0.15, -0.1) is 0 Å². The van der Waals surface area contributed by atoms with Gasteiger partial charge in [0.15, 0.2) is 22.2 Å². The Hall–Kier alpha value is -3.44. The van der Waals surface area contributed by atoms with Crippen LogP contribution in [0.1, 0.15) is 75.0 Å². The van der Waals surface area contributed by atoms with Gasteiger partial charge < -0.3 is 9.87 Å². The summed E-state index contributed by atoms with van der Waals surface area (Å²) in [5.41, 5.74) is 4.28. The molecule has 6 rings (SSSR count). The molecular weight excluding hydrogens is 512 g/mol. The zero-order valence-electron chi connectivity index (χ0n) is 22.4. The van der Waals surface area contributed by atoms with Crippen molar-refractivity contribution >= 4 is 28.2 Å². The van der Waals surface area contributed by atoms with Gasteiger partial charge in [0.1, 0.15) is 17.6 Å². The lowest BCUT2D eigenvalue weighted by Crippen LogP contribution is -2.33. The van der Waals surface area contributed by atoms with E-state index in [4.69, 9.17) is 4.98 Å². The summed E-state index contributed by atoms with van der Waals surface area (Å²) in [4.78, 5) is 42.2. The number of fused-ring (bicyclic) bond motifs is 1. The van der Waals surface area contributed by atoms with Crippen LogP contribution in [0.4, 0.5) is 5.82 Å². The standard InChI is InChI=1S/C28H32N8O2S/c1-4-39(38)21-11-10-20(29-13-21)12-30-26-28(37)36(17(3)18-6-5-7-18)27-22(34-26)14-31-25(35-27)23-16(2)32-15-33-24(23)19-8-9-19/h10-11,13-15,17-19H,4-9,12H2,1-3H3,(H,30,34). The Kier molecular flexibility index (Phi) is 7.03. The largest absolute Gasteiger partial charge is 0.611 e. The van der Waals surface area contributed by atoms with E-state index in [1.165, 1.54) is 6.42 Å². The van der Waals surface area contributed by atoms with Gasteiger partial charge in [0, 0.05) is 12.0 Å². The first-order valence-electron chi connectivity index (χ1n) is 13.6. The highest BCUT2D eigenvalue weighted by molar-refractivity contribution is 7.91. The number of anilines is 1. The maximum Gasteiger partial charge on any atom is 0.295 e. The first kappa shape index (κ1) is 25.8. The van der Waals surface area contributed by atoms with E-state index >= 15 is 0 Å². The monoisotopic (exact) mass is 544 g/mol. The fourth-order valence-corrected chi connectivity index (χ4v) is 5.90. The highest BCUT2D eigenvalue weighted by atomic mass is 32.2. The number of hydrogen-bond acceptors (Lipinski definition) is 9. The average Bonchev–Trinajstić information content (AvgIpc) is 3.76. The van der Waals surface area contributed by atoms with E-state index in [1.807, 2.05) is 26.0 Å². The third kappa shape index (κ3) is 5.00. The molecule has 4 aromatic rings. The number of aromatic nitrogens is 7. The van der Waals surface area contributed by atoms with E-state index in [2.05, 4.69) is 37.2 Å². The molecule has 0 saturated heterocycles. The molecule has 0 amide bonds. The molecule has 11 heteroatoms. The van der Waals surface area contributed by atoms with Crippen LogP contribution in [0.3, 0.4) is 0 Å². The van der Waals surface area contributed by atoms with Crippen LogP contribution < -0.4 is 10.9 Å². The normalized spacial score (nSPS) is 17.1. The Balaban J connectivity index is 1.39. The average molecular weight is 545 g/mol. The van der Waals surface area contributed by atoms with Crippen molar-refractivity contribution < 1.29 is 4.55 Å². The van der Waals surface area contributed by atoms with Gasteiger partial charge in [0.05, 0.1) is 41.6 Å². The van der Waals surface area contributed by atoms with Crippen molar-refractivity contribution in [3.05, 3.63) is 58.3 Å². The van der Waals surface area contributed by atoms with Crippen molar-refractivity contribution in [1.29, 1.82) is 0 Å². The van der Waals surface area contributed by atoms with Crippen LogP contribution in [-0.2, 0) is 17.7 Å². The van der Waals surface area contributed by atoms with E-state index in [9.17, 15) is 9.35 Å². The lowest BCUT2D eigenvalue weighted by molar-refractivity contribution is 0.222. The molecule has 4 heterocycles. The second-order valence-corrected chi connectivity index (χ2v) is 12.2. The molecule has 0 aromatic carbocycles. The van der Waals surface area contributed by atoms with Crippen LogP contribution in [0.15, 0.2) is 40.5 Å². The van der Waals surface area contributed by atoms with Gasteiger partial charge in [0.25, 0.3) is 5.56 Å². The predicted molar refractivity (Wildman–Crippen MR) is 150 cm³/mol. The second kappa shape index (κ2) is 10.6. The molecule has 2 unspecified atom stereocenters. The first-order valence-corrected chi connectivity index (χ1v) is 14.9. The molecule has 2 aliphatic carbocycles. The summed E-state index contributed by atoms with van der Waals surface area (Å²) >= 11 is -1.06. The fourth-order valence-electron chi connectivity index (χ4n) is 5.17. The van der Waals surface area contributed by atoms with E-state index in [0.717, 1.165) is 48.3 Å². The summed E-state index contributed by atoms with van der Waals surface area (Å²) in [7, 11) is 0. The Bertz CT molecular complexity index is 1570. The molecular formula is C28H32N8O2S. The lowest BCUT2D eigenvalue weighted by Gasteiger charge is -2.33. The number of nitrogens with zero attached hydrogens (tertiary/aromatic N) is 7. The predicted octanol–water partition coefficient (Wildman–Crippen LogP) is 4.33. The number of hydrogen-bond donors (Lipinski definition) is 1. The van der Waals surface area contributed by atoms with Gasteiger partial charge in [-0.05, 0) is 75.7 Å². The van der Waals surface area contributed by atoms with E-state index in [1.54, 1.807) is 23.3 Å². The Morgan fingerprint density at radius 3 is 2.59 bits per heavy atom. The Labute approximate surface area is 230 Å². The number of nitrogens with one attached hydrogen (secondary N) is 1. The Morgan fingerprint density at radius 1 is 1.10 bits per heavy atom. The maximum absolute atomic E-state index is 13.9. The van der Waals surface area contributed by atoms with E-state index < -0.39 is 11.2 Å². The summed E-state index contributed by atoms with van der Waals surface area (Å²) in [5, 5.41) is 3.18. The smallest absolute Gasteiger partial charge is 0.295 e. The molecule has 0 spiro atoms. The third-order valence-corrected chi connectivity index (χ3v) is 9.18. The third-order valence-electron chi connectivity index (χ3n) is 7.88. The summed E-state index contributed by atoms with van der Waals surface area (Å²) < 4.78 is 13.8. The molecule has 2 aliphatic rings. The SMILES string of the molecule is CC[S+]([O-])c1ccc(CNc2nc3cnc(-c4c(C)ncnc4C4CC4)nc3n(C(C)C3CCC3)c2=O)nc1. The van der Waals surface area contributed by atoms with Crippen molar-refractivity contribution in [2.75, 3.05) is 11.1 Å². The van der Waals surface area contributed by atoms with Crippen LogP contribution in [0.25, 0.3) is 22.6 Å². The van der Waals surface area contributed by atoms with Crippen molar-refractivity contribution in [1.82, 2.24) is 34.5 Å². The van der Waals surface area contributed by atoms with Gasteiger partial charge in [-0.25, -0.2) is 24.9 Å². The molecule has 0 radical (unpaired) electrons. The van der Waals surface area contributed by atoms with Crippen molar-refractivity contribution in [2.45, 2.75) is 76.3 Å². The van der Waals surface area contributed by atoms with Crippen LogP contribution in [0.2, 0.25) is 0 Å². The summed E-state index contributed by atoms with van der Waals surface area (Å²) in [6.07, 6.45) is 10.5. The van der Waals surface area contributed by atoms with Crippen LogP contribution in [0, 0.1) is 12.8 Å². The zero-order chi connectivity index (χ0) is 27.1. The van der Waals surface area contributed by atoms with E-state index in [0.29, 0.717) is 46.0 Å². The molecule has 39 heavy (non-hydrogen) atoms. The minimum Gasteiger partial charge on any atom is -0.611 e. The molecule has 0 bridgehead atoms. The number of rotatable bonds is 9. The van der Waals surface area contributed by atoms with Gasteiger partial charge in [-0.1, -0.05) is 6.42 Å². The van der Waals surface area contributed by atoms with Crippen molar-refractivity contribution in [2.24, 2.45) is 5.92 Å². The van der Waals surface area contributed by atoms with E-state index in [-0.39, 0.29) is 17.4 Å². The first-order chi connectivity index (χ1) is 18.9. The molecule has 2 fully saturated rings. The van der Waals surface area contributed by atoms with Gasteiger partial charge in [-0.3, -0.25) is 14.3 Å². The zero-order valence-corrected chi connectivity index (χ0v) is 23.2. The molecule has 0 aliphatic heterocycles. The van der Waals surface area contributed by atoms with Crippen LogP contribution >= 0.6 is 0 Å². The quantitative estimate of drug-likeness (QED) is 0.306. The van der Waals surface area contributed by atoms with Crippen LogP contribution in [0.5, 0.6) is 0 Å². The van der Waals surface area contributed by atoms with Crippen LogP contribution in [-0.4, -0.2) is 44.8 Å². The van der Waals surface area contributed by atoms with Crippen molar-refractivity contribution in [3.63, 3.8) is 0 Å². The maximum atomic E-state index is 13.9. The van der Waals surface area contributed by atoms with Gasteiger partial charge in [0.2, 0.25) is 0 Å². The van der Waals surface area contributed by atoms with Gasteiger partial charge >= 0.3 is 0 Å². The number of pyridine rings is 1. The summed E-state index contributed by atoms with van der Waals surface area (Å²) in [5.74, 6) is 2.14. The minimum absolute atomic E-state index is 0.0301. The highest BCUT2D eigenvalue weighted by Crippen LogP contribution is 2.43. The number of aryl methyl sites for hydroxylation is 1. The highest BCUT2D eigenvalue weighted by Gasteiger charge is 2.31. The van der Waals surface area contributed by atoms with Gasteiger partial charge in [-0.2, -0.15) is 0 Å². The summed E-state index contributed by atoms with van der Waals surface area (Å²) in [6.45, 7) is 6.23. The van der Waals surface area contributed by atoms with Crippen molar-refractivity contribution in [3.8, 4) is 11.4 Å². The fraction of sp³-hybridized carbons (Fsp3) is 0.464. The molecule has 10 nitrogen and oxygen atoms in total. The lowest BCUT2D eigenvalue weighted by atomic mass is 9.80. The second-order valence-electron chi connectivity index (χ2n) is 10.4.